The number of nitrogens with zero attached hydrogens (tertiary/aromatic N) is 1. The van der Waals surface area contributed by atoms with Crippen molar-refractivity contribution in [1.82, 2.24) is 4.90 Å². The fourth-order valence-corrected chi connectivity index (χ4v) is 2.19. The minimum absolute atomic E-state index is 0.00463. The Hall–Kier alpha value is -0.570. The lowest BCUT2D eigenvalue weighted by Gasteiger charge is -2.37. The number of hydrogen-bond acceptors (Lipinski definition) is 2. The lowest BCUT2D eigenvalue weighted by molar-refractivity contribution is -0.156. The van der Waals surface area contributed by atoms with E-state index in [2.05, 4.69) is 0 Å². The van der Waals surface area contributed by atoms with Crippen LogP contribution in [0.4, 0.5) is 0 Å². The van der Waals surface area contributed by atoms with Gasteiger partial charge in [-0.3, -0.25) is 4.79 Å². The summed E-state index contributed by atoms with van der Waals surface area (Å²) in [7, 11) is 1.74. The Morgan fingerprint density at radius 1 is 1.54 bits per heavy atom. The third-order valence-corrected chi connectivity index (χ3v) is 3.08. The molecule has 0 aliphatic carbocycles. The normalized spacial score (nSPS) is 35.7. The van der Waals surface area contributed by atoms with E-state index < -0.39 is 11.0 Å². The van der Waals surface area contributed by atoms with Crippen molar-refractivity contribution in [3.8, 4) is 0 Å². The van der Waals surface area contributed by atoms with Gasteiger partial charge in [0.05, 0.1) is 0 Å². The highest BCUT2D eigenvalue weighted by atomic mass is 16.3. The van der Waals surface area contributed by atoms with Gasteiger partial charge in [-0.15, -0.1) is 0 Å². The third kappa shape index (κ3) is 1.26. The second-order valence-electron chi connectivity index (χ2n) is 5.10. The fourth-order valence-electron chi connectivity index (χ4n) is 2.19. The second-order valence-corrected chi connectivity index (χ2v) is 5.10. The Morgan fingerprint density at radius 3 is 2.15 bits per heavy atom. The van der Waals surface area contributed by atoms with Gasteiger partial charge in [-0.2, -0.15) is 0 Å². The SMILES string of the molecule is C[C@H]1CN(C)C(=O)[C@@]1(O)C(C)(C)C. The molecule has 1 N–H and O–H groups in total. The topological polar surface area (TPSA) is 40.5 Å². The number of carbonyl (C=O) groups is 1. The summed E-state index contributed by atoms with van der Waals surface area (Å²) in [4.78, 5) is 13.4. The van der Waals surface area contributed by atoms with Gasteiger partial charge in [-0.25, -0.2) is 0 Å². The Morgan fingerprint density at radius 2 is 2.00 bits per heavy atom. The molecule has 0 aromatic heterocycles. The number of rotatable bonds is 0. The summed E-state index contributed by atoms with van der Waals surface area (Å²) in [5, 5.41) is 10.3. The molecule has 3 heteroatoms. The van der Waals surface area contributed by atoms with Gasteiger partial charge in [-0.05, 0) is 0 Å². The van der Waals surface area contributed by atoms with Crippen LogP contribution in [0.3, 0.4) is 0 Å². The molecule has 1 aliphatic heterocycles. The van der Waals surface area contributed by atoms with Crippen molar-refractivity contribution in [2.24, 2.45) is 11.3 Å². The average Bonchev–Trinajstić information content (AvgIpc) is 2.14. The first-order valence-corrected chi connectivity index (χ1v) is 4.69. The van der Waals surface area contributed by atoms with Crippen molar-refractivity contribution >= 4 is 5.91 Å². The van der Waals surface area contributed by atoms with E-state index in [1.54, 1.807) is 11.9 Å². The number of amides is 1. The van der Waals surface area contributed by atoms with Crippen molar-refractivity contribution in [2.45, 2.75) is 33.3 Å². The van der Waals surface area contributed by atoms with Crippen LogP contribution in [0.1, 0.15) is 27.7 Å². The lowest BCUT2D eigenvalue weighted by atomic mass is 9.71. The zero-order chi connectivity index (χ0) is 10.4. The Kier molecular flexibility index (Phi) is 2.19. The molecule has 0 bridgehead atoms. The average molecular weight is 185 g/mol. The number of carbonyl (C=O) groups excluding carboxylic acids is 1. The number of aliphatic hydroxyl groups is 1. The molecule has 1 rings (SSSR count). The summed E-state index contributed by atoms with van der Waals surface area (Å²) in [5.74, 6) is -0.141. The molecule has 76 valence electrons. The standard InChI is InChI=1S/C10H19NO2/c1-7-6-11(5)8(12)10(7,13)9(2,3)4/h7,13H,6H2,1-5H3/t7-,10+/m0/s1. The molecule has 1 heterocycles. The predicted octanol–water partition coefficient (Wildman–Crippen LogP) is 0.872. The molecular weight excluding hydrogens is 166 g/mol. The van der Waals surface area contributed by atoms with Crippen molar-refractivity contribution in [3.05, 3.63) is 0 Å². The summed E-state index contributed by atoms with van der Waals surface area (Å²) >= 11 is 0. The van der Waals surface area contributed by atoms with Crippen LogP contribution in [0.15, 0.2) is 0 Å². The Bertz CT molecular complexity index is 232. The molecule has 0 aromatic carbocycles. The summed E-state index contributed by atoms with van der Waals surface area (Å²) in [6, 6.07) is 0. The maximum atomic E-state index is 11.8. The van der Waals surface area contributed by atoms with Crippen LogP contribution in [0.2, 0.25) is 0 Å². The van der Waals surface area contributed by atoms with Gasteiger partial charge < -0.3 is 10.0 Å². The van der Waals surface area contributed by atoms with Crippen LogP contribution in [0.25, 0.3) is 0 Å². The zero-order valence-corrected chi connectivity index (χ0v) is 9.09. The fraction of sp³-hybridized carbons (Fsp3) is 0.900. The van der Waals surface area contributed by atoms with Crippen LogP contribution in [0.5, 0.6) is 0 Å². The van der Waals surface area contributed by atoms with Crippen LogP contribution < -0.4 is 0 Å². The highest BCUT2D eigenvalue weighted by molar-refractivity contribution is 5.88. The number of likely N-dealkylation sites (tertiary alicyclic amines) is 1. The molecular formula is C10H19NO2. The molecule has 3 nitrogen and oxygen atoms in total. The first kappa shape index (κ1) is 10.5. The first-order chi connectivity index (χ1) is 5.71. The predicted molar refractivity (Wildman–Crippen MR) is 51.2 cm³/mol. The molecule has 0 aromatic rings. The van der Waals surface area contributed by atoms with E-state index in [4.69, 9.17) is 0 Å². The third-order valence-electron chi connectivity index (χ3n) is 3.08. The number of likely N-dealkylation sites (N-methyl/N-ethyl adjacent to an activating group) is 1. The Balaban J connectivity index is 3.09. The van der Waals surface area contributed by atoms with Gasteiger partial charge in [0.25, 0.3) is 5.91 Å². The van der Waals surface area contributed by atoms with E-state index in [1.807, 2.05) is 27.7 Å². The van der Waals surface area contributed by atoms with E-state index in [1.165, 1.54) is 0 Å². The van der Waals surface area contributed by atoms with Crippen molar-refractivity contribution in [1.29, 1.82) is 0 Å². The summed E-state index contributed by atoms with van der Waals surface area (Å²) in [6.45, 7) is 8.28. The molecule has 0 unspecified atom stereocenters. The molecule has 1 saturated heterocycles. The minimum Gasteiger partial charge on any atom is -0.379 e. The van der Waals surface area contributed by atoms with Crippen LogP contribution in [-0.2, 0) is 4.79 Å². The molecule has 0 saturated carbocycles. The van der Waals surface area contributed by atoms with Crippen molar-refractivity contribution in [3.63, 3.8) is 0 Å². The van der Waals surface area contributed by atoms with Crippen LogP contribution in [0, 0.1) is 11.3 Å². The highest BCUT2D eigenvalue weighted by Gasteiger charge is 2.56. The van der Waals surface area contributed by atoms with Crippen molar-refractivity contribution < 1.29 is 9.90 Å². The van der Waals surface area contributed by atoms with E-state index in [0.29, 0.717) is 6.54 Å². The molecule has 0 radical (unpaired) electrons. The summed E-state index contributed by atoms with van der Waals surface area (Å²) < 4.78 is 0. The summed E-state index contributed by atoms with van der Waals surface area (Å²) in [6.07, 6.45) is 0. The van der Waals surface area contributed by atoms with Gasteiger partial charge >= 0.3 is 0 Å². The maximum Gasteiger partial charge on any atom is 0.255 e. The van der Waals surface area contributed by atoms with E-state index in [-0.39, 0.29) is 11.8 Å². The quantitative estimate of drug-likeness (QED) is 0.608. The molecule has 13 heavy (non-hydrogen) atoms. The first-order valence-electron chi connectivity index (χ1n) is 4.69. The maximum absolute atomic E-state index is 11.8. The van der Waals surface area contributed by atoms with Gasteiger partial charge in [0.2, 0.25) is 0 Å². The van der Waals surface area contributed by atoms with E-state index in [0.717, 1.165) is 0 Å². The van der Waals surface area contributed by atoms with Gasteiger partial charge in [-0.1, -0.05) is 27.7 Å². The Labute approximate surface area is 79.7 Å². The largest absolute Gasteiger partial charge is 0.379 e. The van der Waals surface area contributed by atoms with Crippen LogP contribution in [-0.4, -0.2) is 35.1 Å². The minimum atomic E-state index is -1.19. The molecule has 1 fully saturated rings. The van der Waals surface area contributed by atoms with E-state index >= 15 is 0 Å². The smallest absolute Gasteiger partial charge is 0.255 e. The monoisotopic (exact) mass is 185 g/mol. The van der Waals surface area contributed by atoms with Crippen LogP contribution >= 0.6 is 0 Å². The molecule has 0 spiro atoms. The number of hydrogen-bond donors (Lipinski definition) is 1. The lowest BCUT2D eigenvalue weighted by Crippen LogP contribution is -2.52. The van der Waals surface area contributed by atoms with Gasteiger partial charge in [0, 0.05) is 24.9 Å². The second kappa shape index (κ2) is 2.71. The molecule has 2 atom stereocenters. The highest BCUT2D eigenvalue weighted by Crippen LogP contribution is 2.41. The summed E-state index contributed by atoms with van der Waals surface area (Å²) in [5.41, 5.74) is -1.59. The molecule has 1 amide bonds. The zero-order valence-electron chi connectivity index (χ0n) is 9.09. The van der Waals surface area contributed by atoms with Gasteiger partial charge in [0.1, 0.15) is 0 Å². The molecule has 1 aliphatic rings. The van der Waals surface area contributed by atoms with Crippen molar-refractivity contribution in [2.75, 3.05) is 13.6 Å². The van der Waals surface area contributed by atoms with E-state index in [9.17, 15) is 9.90 Å². The van der Waals surface area contributed by atoms with Gasteiger partial charge in [0.15, 0.2) is 5.60 Å².